The highest BCUT2D eigenvalue weighted by Crippen LogP contribution is 2.38. The van der Waals surface area contributed by atoms with Gasteiger partial charge in [0.2, 0.25) is 15.9 Å². The minimum atomic E-state index is -3.85. The van der Waals surface area contributed by atoms with Crippen molar-refractivity contribution in [3.8, 4) is 5.75 Å². The summed E-state index contributed by atoms with van der Waals surface area (Å²) in [5.74, 6) is 0.765. The van der Waals surface area contributed by atoms with Gasteiger partial charge in [0.15, 0.2) is 0 Å². The molecule has 1 saturated carbocycles. The Hall–Kier alpha value is -1.90. The zero-order valence-corrected chi connectivity index (χ0v) is 20.7. The third kappa shape index (κ3) is 5.28. The van der Waals surface area contributed by atoms with Gasteiger partial charge in [0.25, 0.3) is 0 Å². The highest BCUT2D eigenvalue weighted by Gasteiger charge is 2.38. The van der Waals surface area contributed by atoms with Crippen LogP contribution in [0.4, 0.5) is 0 Å². The lowest BCUT2D eigenvalue weighted by Gasteiger charge is -2.37. The fourth-order valence-electron chi connectivity index (χ4n) is 4.67. The molecular weight excluding hydrogens is 440 g/mol. The van der Waals surface area contributed by atoms with Crippen LogP contribution in [-0.2, 0) is 14.8 Å². The predicted octanol–water partition coefficient (Wildman–Crippen LogP) is 3.28. The van der Waals surface area contributed by atoms with Gasteiger partial charge in [-0.05, 0) is 68.2 Å². The molecule has 1 aliphatic heterocycles. The number of rotatable bonds is 7. The van der Waals surface area contributed by atoms with Crippen molar-refractivity contribution in [3.05, 3.63) is 29.8 Å². The van der Waals surface area contributed by atoms with Gasteiger partial charge in [-0.3, -0.25) is 4.79 Å². The summed E-state index contributed by atoms with van der Waals surface area (Å²) in [5.41, 5.74) is 2.19. The number of hydrogen-bond acceptors (Lipinski definition) is 5. The SMILES string of the molecule is C[C@H]1CN([C@@H](C)CO)S(=O)(=O)c2ccc(C3=CCCC3)cc2O[C@H]1CN(C)C(=O)CC1CC1. The summed E-state index contributed by atoms with van der Waals surface area (Å²) < 4.78 is 34.9. The van der Waals surface area contributed by atoms with E-state index in [4.69, 9.17) is 4.74 Å². The largest absolute Gasteiger partial charge is 0.487 e. The number of nitrogens with zero attached hydrogens (tertiary/aromatic N) is 2. The highest BCUT2D eigenvalue weighted by molar-refractivity contribution is 7.89. The van der Waals surface area contributed by atoms with Crippen LogP contribution in [-0.4, -0.2) is 67.5 Å². The molecule has 182 valence electrons. The summed E-state index contributed by atoms with van der Waals surface area (Å²) in [4.78, 5) is 14.5. The van der Waals surface area contributed by atoms with E-state index in [2.05, 4.69) is 6.08 Å². The lowest BCUT2D eigenvalue weighted by atomic mass is 10.0. The van der Waals surface area contributed by atoms with E-state index in [9.17, 15) is 18.3 Å². The Labute approximate surface area is 197 Å². The van der Waals surface area contributed by atoms with Crippen molar-refractivity contribution in [2.45, 2.75) is 69.4 Å². The molecule has 1 amide bonds. The maximum Gasteiger partial charge on any atom is 0.247 e. The molecule has 0 unspecified atom stereocenters. The van der Waals surface area contributed by atoms with E-state index in [-0.39, 0.29) is 36.0 Å². The van der Waals surface area contributed by atoms with Gasteiger partial charge in [-0.15, -0.1) is 0 Å². The van der Waals surface area contributed by atoms with E-state index in [0.29, 0.717) is 24.6 Å². The Morgan fingerprint density at radius 1 is 1.33 bits per heavy atom. The third-order valence-electron chi connectivity index (χ3n) is 7.12. The molecule has 0 aromatic heterocycles. The fourth-order valence-corrected chi connectivity index (χ4v) is 6.50. The Morgan fingerprint density at radius 2 is 2.09 bits per heavy atom. The number of carbonyl (C=O) groups is 1. The predicted molar refractivity (Wildman–Crippen MR) is 127 cm³/mol. The van der Waals surface area contributed by atoms with Gasteiger partial charge in [0.05, 0.1) is 13.2 Å². The van der Waals surface area contributed by atoms with Crippen LogP contribution in [0.5, 0.6) is 5.75 Å². The van der Waals surface area contributed by atoms with Crippen molar-refractivity contribution in [2.24, 2.45) is 11.8 Å². The van der Waals surface area contributed by atoms with Crippen LogP contribution in [0.3, 0.4) is 0 Å². The number of hydrogen-bond donors (Lipinski definition) is 1. The Bertz CT molecular complexity index is 1020. The molecule has 3 aliphatic rings. The number of fused-ring (bicyclic) bond motifs is 1. The van der Waals surface area contributed by atoms with Crippen LogP contribution in [0, 0.1) is 11.8 Å². The molecule has 1 fully saturated rings. The molecule has 8 heteroatoms. The summed E-state index contributed by atoms with van der Waals surface area (Å²) in [5, 5.41) is 9.78. The zero-order chi connectivity index (χ0) is 23.8. The lowest BCUT2D eigenvalue weighted by Crippen LogP contribution is -2.50. The average molecular weight is 477 g/mol. The van der Waals surface area contributed by atoms with Gasteiger partial charge in [0.1, 0.15) is 16.7 Å². The molecule has 7 nitrogen and oxygen atoms in total. The number of likely N-dealkylation sites (N-methyl/N-ethyl adjacent to an activating group) is 1. The number of ether oxygens (including phenoxy) is 1. The first-order chi connectivity index (χ1) is 15.7. The molecule has 0 spiro atoms. The molecule has 33 heavy (non-hydrogen) atoms. The molecule has 1 aromatic carbocycles. The van der Waals surface area contributed by atoms with Crippen LogP contribution in [0.2, 0.25) is 0 Å². The summed E-state index contributed by atoms with van der Waals surface area (Å²) in [6, 6.07) is 4.76. The van der Waals surface area contributed by atoms with E-state index in [1.165, 1.54) is 9.88 Å². The van der Waals surface area contributed by atoms with Gasteiger partial charge in [-0.2, -0.15) is 4.31 Å². The van der Waals surface area contributed by atoms with E-state index in [0.717, 1.165) is 37.7 Å². The molecule has 0 radical (unpaired) electrons. The number of amides is 1. The monoisotopic (exact) mass is 476 g/mol. The summed E-state index contributed by atoms with van der Waals surface area (Å²) in [6.45, 7) is 4.00. The summed E-state index contributed by atoms with van der Waals surface area (Å²) in [7, 11) is -2.06. The topological polar surface area (TPSA) is 87.2 Å². The Balaban J connectivity index is 1.69. The van der Waals surface area contributed by atoms with Crippen LogP contribution in [0.15, 0.2) is 29.2 Å². The van der Waals surface area contributed by atoms with Crippen LogP contribution in [0.1, 0.15) is 57.9 Å². The van der Waals surface area contributed by atoms with Crippen molar-refractivity contribution in [2.75, 3.05) is 26.7 Å². The highest BCUT2D eigenvalue weighted by atomic mass is 32.2. The Morgan fingerprint density at radius 3 is 2.73 bits per heavy atom. The first-order valence-corrected chi connectivity index (χ1v) is 13.5. The fraction of sp³-hybridized carbons (Fsp3) is 0.640. The minimum Gasteiger partial charge on any atom is -0.487 e. The molecule has 0 bridgehead atoms. The smallest absolute Gasteiger partial charge is 0.247 e. The first kappa shape index (κ1) is 24.2. The number of sulfonamides is 1. The molecular formula is C25H36N2O5S. The van der Waals surface area contributed by atoms with Gasteiger partial charge in [0, 0.05) is 32.0 Å². The summed E-state index contributed by atoms with van der Waals surface area (Å²) in [6.07, 6.45) is 7.73. The molecule has 1 N–H and O–H groups in total. The minimum absolute atomic E-state index is 0.105. The van der Waals surface area contributed by atoms with E-state index >= 15 is 0 Å². The van der Waals surface area contributed by atoms with Crippen molar-refractivity contribution in [1.82, 2.24) is 9.21 Å². The average Bonchev–Trinajstić information content (AvgIpc) is 3.43. The number of benzene rings is 1. The third-order valence-corrected chi connectivity index (χ3v) is 9.14. The van der Waals surface area contributed by atoms with Gasteiger partial charge >= 0.3 is 0 Å². The molecule has 4 rings (SSSR count). The second kappa shape index (κ2) is 9.76. The molecule has 1 aromatic rings. The summed E-state index contributed by atoms with van der Waals surface area (Å²) >= 11 is 0. The molecule has 0 saturated heterocycles. The second-order valence-corrected chi connectivity index (χ2v) is 11.8. The first-order valence-electron chi connectivity index (χ1n) is 12.1. The van der Waals surface area contributed by atoms with Crippen molar-refractivity contribution < 1.29 is 23.1 Å². The van der Waals surface area contributed by atoms with Gasteiger partial charge in [-0.1, -0.05) is 19.1 Å². The molecule has 3 atom stereocenters. The maximum atomic E-state index is 13.6. The molecule has 1 heterocycles. The number of aliphatic hydroxyl groups excluding tert-OH is 1. The number of carbonyl (C=O) groups excluding carboxylic acids is 1. The normalized spacial score (nSPS) is 25.9. The lowest BCUT2D eigenvalue weighted by molar-refractivity contribution is -0.131. The van der Waals surface area contributed by atoms with Crippen molar-refractivity contribution >= 4 is 21.5 Å². The number of allylic oxidation sites excluding steroid dienone is 2. The maximum absolute atomic E-state index is 13.6. The van der Waals surface area contributed by atoms with Gasteiger partial charge < -0.3 is 14.7 Å². The molecule has 2 aliphatic carbocycles. The standard InChI is InChI=1S/C25H36N2O5S/c1-17-14-27(18(2)16-28)33(30,31)24-11-10-21(20-6-4-5-7-20)13-22(24)32-23(17)15-26(3)25(29)12-19-8-9-19/h6,10-11,13,17-19,23,28H,4-5,7-9,12,14-16H2,1-3H3/t17-,18-,23-/m0/s1. The van der Waals surface area contributed by atoms with Crippen molar-refractivity contribution in [1.29, 1.82) is 0 Å². The second-order valence-electron chi connectivity index (χ2n) is 9.94. The quantitative estimate of drug-likeness (QED) is 0.653. The van der Waals surface area contributed by atoms with E-state index in [1.54, 1.807) is 24.9 Å². The van der Waals surface area contributed by atoms with Crippen LogP contribution < -0.4 is 4.74 Å². The van der Waals surface area contributed by atoms with Crippen LogP contribution in [0.25, 0.3) is 5.57 Å². The van der Waals surface area contributed by atoms with Crippen molar-refractivity contribution in [3.63, 3.8) is 0 Å². The van der Waals surface area contributed by atoms with E-state index < -0.39 is 16.1 Å². The Kier molecular flexibility index (Phi) is 7.17. The van der Waals surface area contributed by atoms with Gasteiger partial charge in [-0.25, -0.2) is 8.42 Å². The van der Waals surface area contributed by atoms with Crippen LogP contribution >= 0.6 is 0 Å². The van der Waals surface area contributed by atoms with E-state index in [1.807, 2.05) is 19.1 Å². The number of aliphatic hydroxyl groups is 1. The zero-order valence-electron chi connectivity index (χ0n) is 19.9.